The van der Waals surface area contributed by atoms with E-state index in [1.165, 1.54) is 4.90 Å². The molecule has 2 aliphatic heterocycles. The van der Waals surface area contributed by atoms with E-state index in [1.807, 2.05) is 37.2 Å². The Balaban J connectivity index is 1.88. The Hall–Kier alpha value is -1.69. The average molecular weight is 291 g/mol. The zero-order valence-electron chi connectivity index (χ0n) is 11.5. The Bertz CT molecular complexity index is 561. The summed E-state index contributed by atoms with van der Waals surface area (Å²) in [5, 5.41) is 7.89. The van der Waals surface area contributed by atoms with Crippen molar-refractivity contribution in [1.82, 2.24) is 4.90 Å². The van der Waals surface area contributed by atoms with Crippen LogP contribution in [0, 0.1) is 5.41 Å². The van der Waals surface area contributed by atoms with Crippen molar-refractivity contribution in [3.05, 3.63) is 29.8 Å². The fourth-order valence-electron chi connectivity index (χ4n) is 2.53. The fourth-order valence-corrected chi connectivity index (χ4v) is 3.79. The molecule has 0 unspecified atom stereocenters. The van der Waals surface area contributed by atoms with Crippen LogP contribution in [0.15, 0.2) is 24.3 Å². The summed E-state index contributed by atoms with van der Waals surface area (Å²) in [5.41, 5.74) is 1.57. The van der Waals surface area contributed by atoms with E-state index in [9.17, 15) is 4.79 Å². The first-order valence-corrected chi connectivity index (χ1v) is 7.67. The highest BCUT2D eigenvalue weighted by Crippen LogP contribution is 2.32. The number of carbonyl (C=O) groups excluding carboxylic acids is 1. The third kappa shape index (κ3) is 2.14. The van der Waals surface area contributed by atoms with E-state index in [4.69, 9.17) is 10.1 Å². The molecule has 0 bridgehead atoms. The van der Waals surface area contributed by atoms with Crippen LogP contribution in [0.2, 0.25) is 0 Å². The summed E-state index contributed by atoms with van der Waals surface area (Å²) in [6, 6.07) is 7.45. The molecule has 1 aromatic rings. The van der Waals surface area contributed by atoms with Gasteiger partial charge in [-0.2, -0.15) is 11.8 Å². The van der Waals surface area contributed by atoms with E-state index in [1.54, 1.807) is 17.8 Å². The quantitative estimate of drug-likeness (QED) is 0.900. The van der Waals surface area contributed by atoms with Crippen LogP contribution >= 0.6 is 11.8 Å². The molecule has 0 saturated carbocycles. The van der Waals surface area contributed by atoms with E-state index in [-0.39, 0.29) is 24.1 Å². The second-order valence-corrected chi connectivity index (χ2v) is 6.26. The molecule has 1 amide bonds. The SMILES string of the molecule is CN(C)c1cccc(C(=O)N2C(=N)O[C@H]3CSC[C@H]32)c1. The highest BCUT2D eigenvalue weighted by atomic mass is 32.2. The fraction of sp³-hybridized carbons (Fsp3) is 0.429. The zero-order chi connectivity index (χ0) is 14.3. The zero-order valence-corrected chi connectivity index (χ0v) is 12.3. The molecule has 1 aromatic carbocycles. The van der Waals surface area contributed by atoms with Crippen LogP contribution in [0.5, 0.6) is 0 Å². The van der Waals surface area contributed by atoms with Gasteiger partial charge in [-0.1, -0.05) is 6.07 Å². The normalized spacial score (nSPS) is 24.5. The molecule has 3 rings (SSSR count). The molecule has 2 heterocycles. The molecule has 2 atom stereocenters. The van der Waals surface area contributed by atoms with Crippen LogP contribution in [0.4, 0.5) is 5.69 Å². The second kappa shape index (κ2) is 5.01. The summed E-state index contributed by atoms with van der Waals surface area (Å²) in [6.07, 6.45) is -0.0199. The maximum atomic E-state index is 12.7. The third-order valence-corrected chi connectivity index (χ3v) is 4.78. The molecule has 5 nitrogen and oxygen atoms in total. The van der Waals surface area contributed by atoms with Crippen LogP contribution in [-0.4, -0.2) is 54.6 Å². The number of amides is 1. The monoisotopic (exact) mass is 291 g/mol. The van der Waals surface area contributed by atoms with Crippen molar-refractivity contribution in [2.75, 3.05) is 30.5 Å². The maximum Gasteiger partial charge on any atom is 0.292 e. The van der Waals surface area contributed by atoms with E-state index in [0.717, 1.165) is 17.2 Å². The number of fused-ring (bicyclic) bond motifs is 1. The summed E-state index contributed by atoms with van der Waals surface area (Å²) < 4.78 is 5.48. The molecule has 2 fully saturated rings. The van der Waals surface area contributed by atoms with E-state index in [2.05, 4.69) is 0 Å². The standard InChI is InChI=1S/C14H17N3O2S/c1-16(2)10-5-3-4-9(6-10)13(18)17-11-7-20-8-12(11)19-14(17)15/h3-6,11-12,15H,7-8H2,1-2H3/t11-,12+/m1/s1. The number of carbonyl (C=O) groups is 1. The Labute approximate surface area is 122 Å². The Morgan fingerprint density at radius 2 is 2.25 bits per heavy atom. The molecule has 20 heavy (non-hydrogen) atoms. The molecular formula is C14H17N3O2S. The van der Waals surface area contributed by atoms with Gasteiger partial charge >= 0.3 is 0 Å². The van der Waals surface area contributed by atoms with E-state index in [0.29, 0.717) is 5.56 Å². The summed E-state index contributed by atoms with van der Waals surface area (Å²) in [4.78, 5) is 16.1. The number of nitrogens with zero attached hydrogens (tertiary/aromatic N) is 2. The lowest BCUT2D eigenvalue weighted by Gasteiger charge is -2.20. The van der Waals surface area contributed by atoms with Gasteiger partial charge in [0.15, 0.2) is 0 Å². The number of ether oxygens (including phenoxy) is 1. The third-order valence-electron chi connectivity index (χ3n) is 3.64. The van der Waals surface area contributed by atoms with Gasteiger partial charge in [0.05, 0.1) is 6.04 Å². The lowest BCUT2D eigenvalue weighted by Crippen LogP contribution is -2.41. The van der Waals surface area contributed by atoms with Crippen molar-refractivity contribution in [3.8, 4) is 0 Å². The first-order chi connectivity index (χ1) is 9.58. The Morgan fingerprint density at radius 1 is 1.45 bits per heavy atom. The van der Waals surface area contributed by atoms with Crippen LogP contribution in [-0.2, 0) is 4.74 Å². The summed E-state index contributed by atoms with van der Waals surface area (Å²) in [7, 11) is 3.88. The van der Waals surface area contributed by atoms with Gasteiger partial charge < -0.3 is 9.64 Å². The van der Waals surface area contributed by atoms with Gasteiger partial charge in [-0.15, -0.1) is 0 Å². The van der Waals surface area contributed by atoms with Crippen molar-refractivity contribution in [3.63, 3.8) is 0 Å². The Kier molecular flexibility index (Phi) is 3.33. The van der Waals surface area contributed by atoms with E-state index >= 15 is 0 Å². The molecule has 1 N–H and O–H groups in total. The first kappa shape index (κ1) is 13.3. The average Bonchev–Trinajstić information content (AvgIpc) is 2.98. The van der Waals surface area contributed by atoms with Gasteiger partial charge in [0.25, 0.3) is 11.9 Å². The molecule has 106 valence electrons. The van der Waals surface area contributed by atoms with Crippen LogP contribution in [0.25, 0.3) is 0 Å². The molecule has 0 aromatic heterocycles. The number of benzene rings is 1. The lowest BCUT2D eigenvalue weighted by molar-refractivity contribution is 0.0823. The topological polar surface area (TPSA) is 56.6 Å². The number of hydrogen-bond donors (Lipinski definition) is 1. The van der Waals surface area contributed by atoms with Gasteiger partial charge in [0.1, 0.15) is 6.10 Å². The largest absolute Gasteiger partial charge is 0.459 e. The van der Waals surface area contributed by atoms with Gasteiger partial charge in [-0.25, -0.2) is 0 Å². The maximum absolute atomic E-state index is 12.7. The predicted molar refractivity (Wildman–Crippen MR) is 80.7 cm³/mol. The van der Waals surface area contributed by atoms with E-state index < -0.39 is 0 Å². The van der Waals surface area contributed by atoms with Gasteiger partial charge in [-0.05, 0) is 18.2 Å². The molecule has 6 heteroatoms. The molecule has 0 aliphatic carbocycles. The van der Waals surface area contributed by atoms with Crippen molar-refractivity contribution in [1.29, 1.82) is 5.41 Å². The van der Waals surface area contributed by atoms with Crippen molar-refractivity contribution in [2.24, 2.45) is 0 Å². The van der Waals surface area contributed by atoms with Crippen molar-refractivity contribution >= 4 is 29.4 Å². The van der Waals surface area contributed by atoms with Gasteiger partial charge in [0, 0.05) is 36.9 Å². The number of rotatable bonds is 2. The smallest absolute Gasteiger partial charge is 0.292 e. The number of thioether (sulfide) groups is 1. The highest BCUT2D eigenvalue weighted by molar-refractivity contribution is 7.99. The van der Waals surface area contributed by atoms with Crippen LogP contribution < -0.4 is 4.90 Å². The molecular weight excluding hydrogens is 274 g/mol. The molecule has 0 radical (unpaired) electrons. The summed E-state index contributed by atoms with van der Waals surface area (Å²) in [5.74, 6) is 1.55. The summed E-state index contributed by atoms with van der Waals surface area (Å²) in [6.45, 7) is 0. The molecule has 2 saturated heterocycles. The first-order valence-electron chi connectivity index (χ1n) is 6.52. The lowest BCUT2D eigenvalue weighted by atomic mass is 10.1. The minimum Gasteiger partial charge on any atom is -0.459 e. The van der Waals surface area contributed by atoms with Crippen LogP contribution in [0.3, 0.4) is 0 Å². The number of anilines is 1. The molecule has 2 aliphatic rings. The minimum atomic E-state index is -0.145. The number of amidine groups is 1. The van der Waals surface area contributed by atoms with Crippen molar-refractivity contribution < 1.29 is 9.53 Å². The number of nitrogens with one attached hydrogen (secondary N) is 1. The predicted octanol–water partition coefficient (Wildman–Crippen LogP) is 1.64. The highest BCUT2D eigenvalue weighted by Gasteiger charge is 2.46. The van der Waals surface area contributed by atoms with Crippen molar-refractivity contribution in [2.45, 2.75) is 12.1 Å². The van der Waals surface area contributed by atoms with Gasteiger partial charge in [0.2, 0.25) is 0 Å². The van der Waals surface area contributed by atoms with Gasteiger partial charge in [-0.3, -0.25) is 15.1 Å². The second-order valence-electron chi connectivity index (χ2n) is 5.19. The number of hydrogen-bond acceptors (Lipinski definition) is 5. The Morgan fingerprint density at radius 3 is 3.00 bits per heavy atom. The minimum absolute atomic E-state index is 0.00279. The summed E-state index contributed by atoms with van der Waals surface area (Å²) >= 11 is 1.77. The molecule has 0 spiro atoms. The van der Waals surface area contributed by atoms with Crippen LogP contribution in [0.1, 0.15) is 10.4 Å².